The van der Waals surface area contributed by atoms with Crippen LogP contribution in [0.3, 0.4) is 0 Å². The lowest BCUT2D eigenvalue weighted by Gasteiger charge is -2.10. The monoisotopic (exact) mass is 289 g/mol. The Balaban J connectivity index is 1.89. The highest BCUT2D eigenvalue weighted by Gasteiger charge is 2.06. The van der Waals surface area contributed by atoms with E-state index in [0.717, 1.165) is 0 Å². The fourth-order valence-corrected chi connectivity index (χ4v) is 1.74. The Hall–Kier alpha value is -2.40. The fraction of sp³-hybridized carbons (Fsp3) is 0.188. The number of aliphatic hydroxyl groups is 1. The van der Waals surface area contributed by atoms with E-state index in [-0.39, 0.29) is 18.3 Å². The zero-order valence-corrected chi connectivity index (χ0v) is 11.5. The van der Waals surface area contributed by atoms with Gasteiger partial charge in [-0.3, -0.25) is 4.79 Å². The second-order valence-corrected chi connectivity index (χ2v) is 4.59. The second kappa shape index (κ2) is 6.85. The highest BCUT2D eigenvalue weighted by Crippen LogP contribution is 2.18. The van der Waals surface area contributed by atoms with Crippen molar-refractivity contribution in [3.8, 4) is 5.75 Å². The van der Waals surface area contributed by atoms with Crippen LogP contribution in [0.15, 0.2) is 48.5 Å². The third kappa shape index (κ3) is 4.57. The average molecular weight is 289 g/mol. The Morgan fingerprint density at radius 2 is 2.00 bits per heavy atom. The van der Waals surface area contributed by atoms with Crippen LogP contribution in [0.25, 0.3) is 0 Å². The molecule has 0 heterocycles. The Morgan fingerprint density at radius 1 is 1.29 bits per heavy atom. The number of amides is 1. The molecule has 5 heteroatoms. The molecule has 2 rings (SSSR count). The lowest BCUT2D eigenvalue weighted by atomic mass is 10.1. The SMILES string of the molecule is CC(O)c1cccc(OCC(=O)Nc2ccc(F)cc2)c1. The first-order valence-electron chi connectivity index (χ1n) is 6.51. The molecule has 0 saturated carbocycles. The summed E-state index contributed by atoms with van der Waals surface area (Å²) in [6.45, 7) is 1.49. The zero-order valence-electron chi connectivity index (χ0n) is 11.5. The van der Waals surface area contributed by atoms with Gasteiger partial charge in [0.05, 0.1) is 6.10 Å². The van der Waals surface area contributed by atoms with E-state index < -0.39 is 6.10 Å². The molecule has 0 fully saturated rings. The number of halogens is 1. The van der Waals surface area contributed by atoms with Crippen molar-refractivity contribution >= 4 is 11.6 Å². The number of ether oxygens (including phenoxy) is 1. The van der Waals surface area contributed by atoms with E-state index in [1.165, 1.54) is 24.3 Å². The van der Waals surface area contributed by atoms with Gasteiger partial charge < -0.3 is 15.2 Å². The van der Waals surface area contributed by atoms with E-state index in [9.17, 15) is 14.3 Å². The fourth-order valence-electron chi connectivity index (χ4n) is 1.74. The van der Waals surface area contributed by atoms with Crippen molar-refractivity contribution in [2.75, 3.05) is 11.9 Å². The van der Waals surface area contributed by atoms with Gasteiger partial charge in [0.2, 0.25) is 0 Å². The molecule has 0 spiro atoms. The summed E-state index contributed by atoms with van der Waals surface area (Å²) >= 11 is 0. The van der Waals surface area contributed by atoms with Crippen LogP contribution >= 0.6 is 0 Å². The summed E-state index contributed by atoms with van der Waals surface area (Å²) in [5.74, 6) is -0.203. The van der Waals surface area contributed by atoms with Crippen LogP contribution in [0, 0.1) is 5.82 Å². The molecule has 2 aromatic carbocycles. The molecule has 4 nitrogen and oxygen atoms in total. The summed E-state index contributed by atoms with van der Waals surface area (Å²) in [5.41, 5.74) is 1.22. The first kappa shape index (κ1) is 15.0. The molecule has 0 aliphatic rings. The predicted molar refractivity (Wildman–Crippen MR) is 77.6 cm³/mol. The van der Waals surface area contributed by atoms with Crippen molar-refractivity contribution in [2.45, 2.75) is 13.0 Å². The van der Waals surface area contributed by atoms with Crippen molar-refractivity contribution in [2.24, 2.45) is 0 Å². The van der Waals surface area contributed by atoms with Gasteiger partial charge in [0.25, 0.3) is 5.91 Å². The van der Waals surface area contributed by atoms with E-state index in [4.69, 9.17) is 4.74 Å². The lowest BCUT2D eigenvalue weighted by Crippen LogP contribution is -2.20. The molecular weight excluding hydrogens is 273 g/mol. The number of benzene rings is 2. The van der Waals surface area contributed by atoms with Gasteiger partial charge in [-0.1, -0.05) is 12.1 Å². The van der Waals surface area contributed by atoms with Gasteiger partial charge in [0.15, 0.2) is 6.61 Å². The number of carbonyl (C=O) groups excluding carboxylic acids is 1. The summed E-state index contributed by atoms with van der Waals surface area (Å²) < 4.78 is 18.1. The number of carbonyl (C=O) groups is 1. The standard InChI is InChI=1S/C16H16FNO3/c1-11(19)12-3-2-4-15(9-12)21-10-16(20)18-14-7-5-13(17)6-8-14/h2-9,11,19H,10H2,1H3,(H,18,20). The predicted octanol–water partition coefficient (Wildman–Crippen LogP) is 2.90. The molecule has 2 N–H and O–H groups in total. The normalized spacial score (nSPS) is 11.8. The van der Waals surface area contributed by atoms with Crippen LogP contribution in [0.4, 0.5) is 10.1 Å². The third-order valence-electron chi connectivity index (χ3n) is 2.84. The first-order chi connectivity index (χ1) is 10.0. The van der Waals surface area contributed by atoms with Crippen molar-refractivity contribution in [1.29, 1.82) is 0 Å². The van der Waals surface area contributed by atoms with Crippen LogP contribution in [0.1, 0.15) is 18.6 Å². The molecule has 1 unspecified atom stereocenters. The molecule has 1 amide bonds. The zero-order chi connectivity index (χ0) is 15.2. The topological polar surface area (TPSA) is 58.6 Å². The number of rotatable bonds is 5. The smallest absolute Gasteiger partial charge is 0.262 e. The van der Waals surface area contributed by atoms with E-state index in [0.29, 0.717) is 17.0 Å². The summed E-state index contributed by atoms with van der Waals surface area (Å²) in [6.07, 6.45) is -0.596. The maximum atomic E-state index is 12.7. The maximum absolute atomic E-state index is 12.7. The molecule has 0 radical (unpaired) electrons. The van der Waals surface area contributed by atoms with E-state index >= 15 is 0 Å². The second-order valence-electron chi connectivity index (χ2n) is 4.59. The van der Waals surface area contributed by atoms with Gasteiger partial charge in [0, 0.05) is 5.69 Å². The number of anilines is 1. The summed E-state index contributed by atoms with van der Waals surface area (Å²) in [4.78, 5) is 11.7. The molecule has 1 atom stereocenters. The van der Waals surface area contributed by atoms with Gasteiger partial charge in [0.1, 0.15) is 11.6 Å². The molecule has 110 valence electrons. The highest BCUT2D eigenvalue weighted by atomic mass is 19.1. The van der Waals surface area contributed by atoms with E-state index in [1.807, 2.05) is 0 Å². The number of nitrogens with one attached hydrogen (secondary N) is 1. The van der Waals surface area contributed by atoms with Gasteiger partial charge in [-0.25, -0.2) is 4.39 Å². The van der Waals surface area contributed by atoms with Gasteiger partial charge in [-0.2, -0.15) is 0 Å². The number of hydrogen-bond acceptors (Lipinski definition) is 3. The Labute approximate surface area is 122 Å². The van der Waals surface area contributed by atoms with Crippen LogP contribution in [-0.4, -0.2) is 17.6 Å². The highest BCUT2D eigenvalue weighted by molar-refractivity contribution is 5.91. The van der Waals surface area contributed by atoms with Gasteiger partial charge in [-0.05, 0) is 48.9 Å². The van der Waals surface area contributed by atoms with Crippen LogP contribution in [0.2, 0.25) is 0 Å². The summed E-state index contributed by atoms with van der Waals surface area (Å²) in [5, 5.41) is 12.1. The molecule has 0 saturated heterocycles. The molecule has 2 aromatic rings. The van der Waals surface area contributed by atoms with Gasteiger partial charge in [-0.15, -0.1) is 0 Å². The lowest BCUT2D eigenvalue weighted by molar-refractivity contribution is -0.118. The quantitative estimate of drug-likeness (QED) is 0.889. The van der Waals surface area contributed by atoms with Crippen molar-refractivity contribution in [3.63, 3.8) is 0 Å². The minimum absolute atomic E-state index is 0.166. The van der Waals surface area contributed by atoms with Crippen molar-refractivity contribution in [3.05, 3.63) is 59.9 Å². The number of hydrogen-bond donors (Lipinski definition) is 2. The first-order valence-corrected chi connectivity index (χ1v) is 6.51. The Kier molecular flexibility index (Phi) is 4.90. The summed E-state index contributed by atoms with van der Waals surface area (Å²) in [6, 6.07) is 12.4. The van der Waals surface area contributed by atoms with Gasteiger partial charge >= 0.3 is 0 Å². The molecule has 0 aliphatic heterocycles. The molecule has 0 aliphatic carbocycles. The molecule has 0 aromatic heterocycles. The van der Waals surface area contributed by atoms with E-state index in [1.54, 1.807) is 31.2 Å². The van der Waals surface area contributed by atoms with Crippen molar-refractivity contribution in [1.82, 2.24) is 0 Å². The van der Waals surface area contributed by atoms with Crippen LogP contribution in [0.5, 0.6) is 5.75 Å². The average Bonchev–Trinajstić information content (AvgIpc) is 2.48. The molecular formula is C16H16FNO3. The summed E-state index contributed by atoms with van der Waals surface area (Å²) in [7, 11) is 0. The number of aliphatic hydroxyl groups excluding tert-OH is 1. The van der Waals surface area contributed by atoms with Crippen molar-refractivity contribution < 1.29 is 19.0 Å². The molecule has 0 bridgehead atoms. The minimum atomic E-state index is -0.596. The van der Waals surface area contributed by atoms with E-state index in [2.05, 4.69) is 5.32 Å². The largest absolute Gasteiger partial charge is 0.484 e. The molecule has 21 heavy (non-hydrogen) atoms. The Morgan fingerprint density at radius 3 is 2.67 bits per heavy atom. The third-order valence-corrected chi connectivity index (χ3v) is 2.84. The van der Waals surface area contributed by atoms with Crippen LogP contribution in [-0.2, 0) is 4.79 Å². The Bertz CT molecular complexity index is 611. The maximum Gasteiger partial charge on any atom is 0.262 e. The minimum Gasteiger partial charge on any atom is -0.484 e. The van der Waals surface area contributed by atoms with Crippen LogP contribution < -0.4 is 10.1 Å².